The smallest absolute Gasteiger partial charge is 0.341 e. The molecule has 0 amide bonds. The molecule has 1 N–H and O–H groups in total. The lowest BCUT2D eigenvalue weighted by molar-refractivity contribution is 0.0693. The first-order valence-corrected chi connectivity index (χ1v) is 7.52. The molecular formula is C16H12ClFN2O3. The molecule has 0 saturated heterocycles. The lowest BCUT2D eigenvalue weighted by Gasteiger charge is -2.19. The first kappa shape index (κ1) is 15.5. The maximum atomic E-state index is 14.0. The number of fused-ring (bicyclic) bond motifs is 1. The van der Waals surface area contributed by atoms with Crippen molar-refractivity contribution in [2.75, 3.05) is 0 Å². The van der Waals surface area contributed by atoms with E-state index in [9.17, 15) is 24.3 Å². The lowest BCUT2D eigenvalue weighted by Crippen LogP contribution is -2.24. The molecule has 0 atom stereocenters. The zero-order chi connectivity index (χ0) is 16.9. The van der Waals surface area contributed by atoms with Crippen LogP contribution in [-0.4, -0.2) is 15.6 Å². The van der Waals surface area contributed by atoms with Gasteiger partial charge in [0.2, 0.25) is 5.43 Å². The topological polar surface area (TPSA) is 83.1 Å². The zero-order valence-electron chi connectivity index (χ0n) is 12.2. The minimum atomic E-state index is -1.35. The summed E-state index contributed by atoms with van der Waals surface area (Å²) in [5, 5.41) is 18.3. The van der Waals surface area contributed by atoms with Gasteiger partial charge in [0, 0.05) is 11.7 Å². The highest BCUT2D eigenvalue weighted by molar-refractivity contribution is 6.33. The fourth-order valence-electron chi connectivity index (χ4n) is 2.97. The number of rotatable bonds is 3. The third kappa shape index (κ3) is 2.20. The van der Waals surface area contributed by atoms with Gasteiger partial charge in [0.25, 0.3) is 0 Å². The van der Waals surface area contributed by atoms with Crippen LogP contribution in [0, 0.1) is 17.1 Å². The fraction of sp³-hybridized carbons (Fsp3) is 0.312. The van der Waals surface area contributed by atoms with Gasteiger partial charge in [0.1, 0.15) is 17.4 Å². The van der Waals surface area contributed by atoms with Crippen LogP contribution < -0.4 is 5.43 Å². The van der Waals surface area contributed by atoms with E-state index in [-0.39, 0.29) is 33.1 Å². The number of nitrogens with zero attached hydrogens (tertiary/aromatic N) is 2. The molecule has 1 fully saturated rings. The van der Waals surface area contributed by atoms with Crippen LogP contribution in [0.25, 0.3) is 10.9 Å². The molecule has 1 saturated carbocycles. The van der Waals surface area contributed by atoms with E-state index in [4.69, 9.17) is 11.6 Å². The van der Waals surface area contributed by atoms with Crippen molar-refractivity contribution in [1.82, 2.24) is 4.57 Å². The highest BCUT2D eigenvalue weighted by Gasteiger charge is 2.32. The van der Waals surface area contributed by atoms with E-state index in [0.29, 0.717) is 12.1 Å². The standard InChI is InChI=1S/C16H12ClFN2O3/c1-2-11-12(16(22)23)15(21)8-5-10(18)13(17)9(6-19)14(8)20(11)7-3-4-7/h5,7H,2-4H2,1H3,(H,22,23). The normalized spacial score (nSPS) is 14.0. The van der Waals surface area contributed by atoms with Gasteiger partial charge in [-0.1, -0.05) is 18.5 Å². The summed E-state index contributed by atoms with van der Waals surface area (Å²) in [6, 6.07) is 2.77. The van der Waals surface area contributed by atoms with Crippen molar-refractivity contribution in [3.8, 4) is 6.07 Å². The Hall–Kier alpha value is -2.39. The molecule has 3 rings (SSSR count). The average molecular weight is 335 g/mol. The fourth-order valence-corrected chi connectivity index (χ4v) is 3.15. The van der Waals surface area contributed by atoms with Crippen molar-refractivity contribution in [1.29, 1.82) is 5.26 Å². The molecule has 0 unspecified atom stereocenters. The molecular weight excluding hydrogens is 323 g/mol. The number of hydrogen-bond donors (Lipinski definition) is 1. The molecule has 7 heteroatoms. The van der Waals surface area contributed by atoms with Gasteiger partial charge in [-0.15, -0.1) is 0 Å². The van der Waals surface area contributed by atoms with E-state index in [1.807, 2.05) is 6.07 Å². The summed E-state index contributed by atoms with van der Waals surface area (Å²) >= 11 is 5.89. The van der Waals surface area contributed by atoms with Crippen molar-refractivity contribution in [2.24, 2.45) is 0 Å². The van der Waals surface area contributed by atoms with E-state index in [0.717, 1.165) is 18.9 Å². The Kier molecular flexibility index (Phi) is 3.61. The van der Waals surface area contributed by atoms with Crippen molar-refractivity contribution in [3.63, 3.8) is 0 Å². The number of hydrogen-bond acceptors (Lipinski definition) is 3. The van der Waals surface area contributed by atoms with Gasteiger partial charge in [-0.2, -0.15) is 5.26 Å². The number of aromatic nitrogens is 1. The maximum Gasteiger partial charge on any atom is 0.341 e. The van der Waals surface area contributed by atoms with Gasteiger partial charge in [0.05, 0.1) is 21.5 Å². The van der Waals surface area contributed by atoms with Crippen LogP contribution in [0.3, 0.4) is 0 Å². The van der Waals surface area contributed by atoms with Gasteiger partial charge in [0.15, 0.2) is 0 Å². The highest BCUT2D eigenvalue weighted by atomic mass is 35.5. The third-order valence-corrected chi connectivity index (χ3v) is 4.43. The molecule has 1 heterocycles. The van der Waals surface area contributed by atoms with Crippen molar-refractivity contribution in [3.05, 3.63) is 44.0 Å². The van der Waals surface area contributed by atoms with E-state index in [1.54, 1.807) is 11.5 Å². The minimum absolute atomic E-state index is 0.000206. The van der Waals surface area contributed by atoms with Crippen molar-refractivity contribution >= 4 is 28.5 Å². The first-order chi connectivity index (χ1) is 10.9. The SMILES string of the molecule is CCc1c(C(=O)O)c(=O)c2cc(F)c(Cl)c(C#N)c2n1C1CC1. The number of pyridine rings is 1. The van der Waals surface area contributed by atoms with Crippen LogP contribution in [0.4, 0.5) is 4.39 Å². The molecule has 23 heavy (non-hydrogen) atoms. The molecule has 0 radical (unpaired) electrons. The van der Waals surface area contributed by atoms with Crippen LogP contribution >= 0.6 is 11.6 Å². The summed E-state index contributed by atoms with van der Waals surface area (Å²) in [7, 11) is 0. The Morgan fingerprint density at radius 3 is 2.70 bits per heavy atom. The Labute approximate surface area is 135 Å². The summed E-state index contributed by atoms with van der Waals surface area (Å²) in [5.74, 6) is -2.26. The van der Waals surface area contributed by atoms with E-state index in [2.05, 4.69) is 0 Å². The van der Waals surface area contributed by atoms with Crippen LogP contribution in [-0.2, 0) is 6.42 Å². The molecule has 2 aromatic rings. The third-order valence-electron chi connectivity index (χ3n) is 4.06. The van der Waals surface area contributed by atoms with E-state index in [1.165, 1.54) is 0 Å². The van der Waals surface area contributed by atoms with E-state index < -0.39 is 17.2 Å². The van der Waals surface area contributed by atoms with Gasteiger partial charge in [-0.05, 0) is 25.3 Å². The molecule has 0 bridgehead atoms. The number of nitriles is 1. The Morgan fingerprint density at radius 1 is 1.57 bits per heavy atom. The van der Waals surface area contributed by atoms with Crippen molar-refractivity contribution in [2.45, 2.75) is 32.2 Å². The number of carbonyl (C=O) groups is 1. The van der Waals surface area contributed by atoms with Gasteiger partial charge in [-0.3, -0.25) is 4.79 Å². The number of halogens is 2. The second-order valence-corrected chi connectivity index (χ2v) is 5.84. The molecule has 118 valence electrons. The quantitative estimate of drug-likeness (QED) is 0.933. The molecule has 1 aromatic carbocycles. The summed E-state index contributed by atoms with van der Waals surface area (Å²) in [6.45, 7) is 1.74. The van der Waals surface area contributed by atoms with Crippen LogP contribution in [0.1, 0.15) is 47.4 Å². The molecule has 1 aliphatic carbocycles. The van der Waals surface area contributed by atoms with Crippen LogP contribution in [0.15, 0.2) is 10.9 Å². The number of benzene rings is 1. The largest absolute Gasteiger partial charge is 0.477 e. The highest BCUT2D eigenvalue weighted by Crippen LogP contribution is 2.41. The van der Waals surface area contributed by atoms with E-state index >= 15 is 0 Å². The summed E-state index contributed by atoms with van der Waals surface area (Å²) in [5.41, 5.74) is -0.701. The molecule has 0 spiro atoms. The second kappa shape index (κ2) is 5.36. The van der Waals surface area contributed by atoms with Crippen molar-refractivity contribution < 1.29 is 14.3 Å². The number of carboxylic acid groups (broad SMARTS) is 1. The monoisotopic (exact) mass is 334 g/mol. The Bertz CT molecular complexity index is 955. The maximum absolute atomic E-state index is 14.0. The summed E-state index contributed by atoms with van der Waals surface area (Å²) < 4.78 is 15.6. The average Bonchev–Trinajstić information content (AvgIpc) is 3.33. The molecule has 1 aromatic heterocycles. The predicted octanol–water partition coefficient (Wildman–Crippen LogP) is 3.26. The van der Waals surface area contributed by atoms with Gasteiger partial charge in [-0.25, -0.2) is 9.18 Å². The minimum Gasteiger partial charge on any atom is -0.477 e. The predicted molar refractivity (Wildman–Crippen MR) is 82.5 cm³/mol. The van der Waals surface area contributed by atoms with Gasteiger partial charge >= 0.3 is 5.97 Å². The van der Waals surface area contributed by atoms with Crippen LogP contribution in [0.2, 0.25) is 5.02 Å². The lowest BCUT2D eigenvalue weighted by atomic mass is 10.0. The second-order valence-electron chi connectivity index (χ2n) is 5.47. The first-order valence-electron chi connectivity index (χ1n) is 7.14. The Balaban J connectivity index is 2.65. The summed E-state index contributed by atoms with van der Waals surface area (Å²) in [4.78, 5) is 24.1. The van der Waals surface area contributed by atoms with Crippen LogP contribution in [0.5, 0.6) is 0 Å². The molecule has 5 nitrogen and oxygen atoms in total. The molecule has 0 aliphatic heterocycles. The summed E-state index contributed by atoms with van der Waals surface area (Å²) in [6.07, 6.45) is 1.93. The Morgan fingerprint density at radius 2 is 2.22 bits per heavy atom. The van der Waals surface area contributed by atoms with Gasteiger partial charge < -0.3 is 9.67 Å². The number of aromatic carboxylic acids is 1. The molecule has 1 aliphatic rings. The zero-order valence-corrected chi connectivity index (χ0v) is 12.9. The number of carboxylic acids is 1.